The van der Waals surface area contributed by atoms with Crippen molar-refractivity contribution in [1.82, 2.24) is 5.16 Å². The highest BCUT2D eigenvalue weighted by atomic mass is 16.6. The van der Waals surface area contributed by atoms with E-state index in [4.69, 9.17) is 19.1 Å². The van der Waals surface area contributed by atoms with Crippen LogP contribution in [0.25, 0.3) is 11.3 Å². The second kappa shape index (κ2) is 4.31. The fraction of sp³-hybridized carbons (Fsp3) is 0.231. The Hall–Kier alpha value is -2.50. The zero-order chi connectivity index (χ0) is 13.4. The molecule has 0 fully saturated rings. The second-order valence-electron chi connectivity index (χ2n) is 4.16. The number of benzene rings is 1. The summed E-state index contributed by atoms with van der Waals surface area (Å²) in [4.78, 5) is 10.8. The Kier molecular flexibility index (Phi) is 2.63. The van der Waals surface area contributed by atoms with E-state index in [0.29, 0.717) is 36.0 Å². The molecule has 6 heteroatoms. The van der Waals surface area contributed by atoms with Crippen LogP contribution in [0.15, 0.2) is 22.7 Å². The van der Waals surface area contributed by atoms with Crippen LogP contribution in [0, 0.1) is 6.92 Å². The Morgan fingerprint density at radius 1 is 1.32 bits per heavy atom. The van der Waals surface area contributed by atoms with Gasteiger partial charge in [-0.05, 0) is 18.6 Å². The molecule has 0 radical (unpaired) electrons. The van der Waals surface area contributed by atoms with E-state index in [9.17, 15) is 4.79 Å². The number of ether oxygens (including phenoxy) is 2. The highest BCUT2D eigenvalue weighted by molar-refractivity contribution is 5.87. The van der Waals surface area contributed by atoms with Crippen molar-refractivity contribution < 1.29 is 23.9 Å². The first-order chi connectivity index (χ1) is 9.16. The summed E-state index contributed by atoms with van der Waals surface area (Å²) in [6, 6.07) is 5.07. The molecule has 6 nitrogen and oxygen atoms in total. The van der Waals surface area contributed by atoms with Crippen LogP contribution in [-0.4, -0.2) is 29.4 Å². The standard InChI is InChI=1S/C13H11NO5/c1-7-2-3-9-12(18-5-4-17-9)11(7)10-6-8(13(15)16)14-19-10/h2-3,6H,4-5H2,1H3,(H,15,16). The van der Waals surface area contributed by atoms with Gasteiger partial charge in [0.05, 0.1) is 5.56 Å². The highest BCUT2D eigenvalue weighted by Gasteiger charge is 2.23. The lowest BCUT2D eigenvalue weighted by Gasteiger charge is -2.21. The zero-order valence-corrected chi connectivity index (χ0v) is 10.2. The third-order valence-electron chi connectivity index (χ3n) is 2.89. The number of carboxylic acids is 1. The van der Waals surface area contributed by atoms with Gasteiger partial charge in [-0.2, -0.15) is 0 Å². The van der Waals surface area contributed by atoms with Crippen LogP contribution in [0.3, 0.4) is 0 Å². The highest BCUT2D eigenvalue weighted by Crippen LogP contribution is 2.42. The Morgan fingerprint density at radius 2 is 2.11 bits per heavy atom. The molecular weight excluding hydrogens is 250 g/mol. The fourth-order valence-electron chi connectivity index (χ4n) is 2.01. The van der Waals surface area contributed by atoms with Crippen molar-refractivity contribution >= 4 is 5.97 Å². The summed E-state index contributed by atoms with van der Waals surface area (Å²) in [6.07, 6.45) is 0. The van der Waals surface area contributed by atoms with Gasteiger partial charge in [0.2, 0.25) is 0 Å². The first-order valence-electron chi connectivity index (χ1n) is 5.76. The number of rotatable bonds is 2. The van der Waals surface area contributed by atoms with E-state index < -0.39 is 5.97 Å². The first kappa shape index (κ1) is 11.6. The van der Waals surface area contributed by atoms with Crippen LogP contribution in [0.5, 0.6) is 11.5 Å². The predicted molar refractivity (Wildman–Crippen MR) is 64.6 cm³/mol. The van der Waals surface area contributed by atoms with E-state index in [0.717, 1.165) is 5.56 Å². The van der Waals surface area contributed by atoms with Crippen molar-refractivity contribution in [2.45, 2.75) is 6.92 Å². The Balaban J connectivity index is 2.15. The third kappa shape index (κ3) is 1.91. The van der Waals surface area contributed by atoms with Crippen LogP contribution >= 0.6 is 0 Å². The van der Waals surface area contributed by atoms with Crippen molar-refractivity contribution in [1.29, 1.82) is 0 Å². The van der Waals surface area contributed by atoms with Crippen LogP contribution in [0.2, 0.25) is 0 Å². The Bertz CT molecular complexity index is 646. The lowest BCUT2D eigenvalue weighted by Crippen LogP contribution is -2.16. The lowest BCUT2D eigenvalue weighted by molar-refractivity contribution is 0.0686. The molecule has 0 bridgehead atoms. The first-order valence-corrected chi connectivity index (χ1v) is 5.76. The van der Waals surface area contributed by atoms with E-state index in [1.165, 1.54) is 6.07 Å². The van der Waals surface area contributed by atoms with Gasteiger partial charge in [0, 0.05) is 6.07 Å². The number of hydrogen-bond acceptors (Lipinski definition) is 5. The average Bonchev–Trinajstić information content (AvgIpc) is 2.88. The number of carbonyl (C=O) groups is 1. The van der Waals surface area contributed by atoms with Gasteiger partial charge in [-0.3, -0.25) is 0 Å². The third-order valence-corrected chi connectivity index (χ3v) is 2.89. The number of fused-ring (bicyclic) bond motifs is 1. The van der Waals surface area contributed by atoms with E-state index in [1.807, 2.05) is 19.1 Å². The van der Waals surface area contributed by atoms with Crippen molar-refractivity contribution in [3.8, 4) is 22.8 Å². The minimum atomic E-state index is -1.13. The maximum absolute atomic E-state index is 10.8. The van der Waals surface area contributed by atoms with Gasteiger partial charge in [0.1, 0.15) is 13.2 Å². The summed E-state index contributed by atoms with van der Waals surface area (Å²) >= 11 is 0. The molecule has 98 valence electrons. The topological polar surface area (TPSA) is 81.8 Å². The van der Waals surface area contributed by atoms with E-state index >= 15 is 0 Å². The molecule has 3 rings (SSSR count). The summed E-state index contributed by atoms with van der Waals surface area (Å²) in [5, 5.41) is 12.4. The average molecular weight is 261 g/mol. The van der Waals surface area contributed by atoms with E-state index in [-0.39, 0.29) is 5.69 Å². The number of aromatic carboxylic acids is 1. The molecule has 0 atom stereocenters. The number of aromatic nitrogens is 1. The molecule has 2 aromatic rings. The van der Waals surface area contributed by atoms with E-state index in [1.54, 1.807) is 0 Å². The van der Waals surface area contributed by atoms with Crippen LogP contribution in [0.1, 0.15) is 16.1 Å². The summed E-state index contributed by atoms with van der Waals surface area (Å²) in [6.45, 7) is 2.83. The smallest absolute Gasteiger partial charge is 0.358 e. The van der Waals surface area contributed by atoms with Crippen LogP contribution in [-0.2, 0) is 0 Å². The summed E-state index contributed by atoms with van der Waals surface area (Å²) in [5.74, 6) is 0.423. The molecule has 0 spiro atoms. The largest absolute Gasteiger partial charge is 0.486 e. The molecule has 1 aromatic carbocycles. The van der Waals surface area contributed by atoms with Crippen molar-refractivity contribution in [2.24, 2.45) is 0 Å². The predicted octanol–water partition coefficient (Wildman–Crippen LogP) is 2.12. The number of hydrogen-bond donors (Lipinski definition) is 1. The molecule has 0 saturated carbocycles. The van der Waals surface area contributed by atoms with Crippen molar-refractivity contribution in [3.05, 3.63) is 29.5 Å². The van der Waals surface area contributed by atoms with Crippen molar-refractivity contribution in [2.75, 3.05) is 13.2 Å². The quantitative estimate of drug-likeness (QED) is 0.891. The zero-order valence-electron chi connectivity index (χ0n) is 10.2. The minimum Gasteiger partial charge on any atom is -0.486 e. The molecule has 0 aliphatic carbocycles. The van der Waals surface area contributed by atoms with Gasteiger partial charge in [-0.15, -0.1) is 0 Å². The summed E-state index contributed by atoms with van der Waals surface area (Å²) in [5.41, 5.74) is 1.44. The monoisotopic (exact) mass is 261 g/mol. The molecule has 0 unspecified atom stereocenters. The molecule has 0 saturated heterocycles. The van der Waals surface area contributed by atoms with Gasteiger partial charge < -0.3 is 19.1 Å². The molecule has 0 amide bonds. The molecule has 1 aliphatic heterocycles. The van der Waals surface area contributed by atoms with Gasteiger partial charge in [0.15, 0.2) is 23.0 Å². The van der Waals surface area contributed by atoms with E-state index in [2.05, 4.69) is 5.16 Å². The van der Waals surface area contributed by atoms with Crippen LogP contribution in [0.4, 0.5) is 0 Å². The summed E-state index contributed by atoms with van der Waals surface area (Å²) < 4.78 is 16.2. The summed E-state index contributed by atoms with van der Waals surface area (Å²) in [7, 11) is 0. The number of aryl methyl sites for hydroxylation is 1. The number of carboxylic acid groups (broad SMARTS) is 1. The van der Waals surface area contributed by atoms with Gasteiger partial charge in [-0.1, -0.05) is 11.2 Å². The second-order valence-corrected chi connectivity index (χ2v) is 4.16. The molecule has 1 aromatic heterocycles. The van der Waals surface area contributed by atoms with Gasteiger partial charge >= 0.3 is 5.97 Å². The lowest BCUT2D eigenvalue weighted by atomic mass is 10.0. The molecule has 2 heterocycles. The molecule has 1 aliphatic rings. The number of nitrogens with zero attached hydrogens (tertiary/aromatic N) is 1. The fourth-order valence-corrected chi connectivity index (χ4v) is 2.01. The Morgan fingerprint density at radius 3 is 2.84 bits per heavy atom. The Labute approximate surface area is 108 Å². The SMILES string of the molecule is Cc1ccc2c(c1-c1cc(C(=O)O)no1)OCCO2. The van der Waals surface area contributed by atoms with Gasteiger partial charge in [0.25, 0.3) is 0 Å². The van der Waals surface area contributed by atoms with Gasteiger partial charge in [-0.25, -0.2) is 4.79 Å². The minimum absolute atomic E-state index is 0.135. The maximum Gasteiger partial charge on any atom is 0.358 e. The maximum atomic E-state index is 10.8. The normalized spacial score (nSPS) is 13.3. The molecule has 1 N–H and O–H groups in total. The molecule has 19 heavy (non-hydrogen) atoms. The van der Waals surface area contributed by atoms with Crippen LogP contribution < -0.4 is 9.47 Å². The van der Waals surface area contributed by atoms with Crippen molar-refractivity contribution in [3.63, 3.8) is 0 Å². The molecular formula is C13H11NO5.